The Morgan fingerprint density at radius 1 is 1.38 bits per heavy atom. The molecule has 21 heavy (non-hydrogen) atoms. The molecular weight excluding hydrogens is 270 g/mol. The molecule has 1 heterocycles. The summed E-state index contributed by atoms with van der Waals surface area (Å²) in [5.74, 6) is 0.474. The molecule has 0 aliphatic heterocycles. The number of hydrogen-bond acceptors (Lipinski definition) is 5. The van der Waals surface area contributed by atoms with E-state index in [1.54, 1.807) is 19.2 Å². The highest BCUT2D eigenvalue weighted by Gasteiger charge is 2.07. The normalized spacial score (nSPS) is 10.5. The lowest BCUT2D eigenvalue weighted by Crippen LogP contribution is -2.23. The molecule has 108 valence electrons. The highest BCUT2D eigenvalue weighted by Crippen LogP contribution is 2.11. The number of aromatic nitrogens is 1. The average molecular weight is 285 g/mol. The Bertz CT molecular complexity index is 639. The first-order chi connectivity index (χ1) is 10.2. The largest absolute Gasteiger partial charge is 0.497 e. The van der Waals surface area contributed by atoms with Gasteiger partial charge in [-0.05, 0) is 35.4 Å². The molecular formula is C15H15N3O3. The van der Waals surface area contributed by atoms with Crippen molar-refractivity contribution in [1.82, 2.24) is 10.3 Å². The molecule has 0 spiro atoms. The zero-order valence-corrected chi connectivity index (χ0v) is 11.5. The van der Waals surface area contributed by atoms with E-state index in [0.29, 0.717) is 12.1 Å². The zero-order chi connectivity index (χ0) is 15.1. The van der Waals surface area contributed by atoms with Crippen LogP contribution in [0.15, 0.2) is 47.8 Å². The number of oxime groups is 1. The lowest BCUT2D eigenvalue weighted by molar-refractivity contribution is 0.0946. The van der Waals surface area contributed by atoms with Crippen LogP contribution in [-0.4, -0.2) is 29.4 Å². The number of amides is 1. The molecule has 6 nitrogen and oxygen atoms in total. The Morgan fingerprint density at radius 3 is 2.81 bits per heavy atom. The lowest BCUT2D eigenvalue weighted by atomic mass is 10.2. The first kappa shape index (κ1) is 14.5. The van der Waals surface area contributed by atoms with E-state index in [4.69, 9.17) is 9.94 Å². The van der Waals surface area contributed by atoms with E-state index in [0.717, 1.165) is 11.3 Å². The van der Waals surface area contributed by atoms with Crippen molar-refractivity contribution in [2.75, 3.05) is 7.11 Å². The summed E-state index contributed by atoms with van der Waals surface area (Å²) in [6.45, 7) is 0.392. The van der Waals surface area contributed by atoms with Gasteiger partial charge in [-0.1, -0.05) is 17.3 Å². The van der Waals surface area contributed by atoms with E-state index in [9.17, 15) is 4.79 Å². The third kappa shape index (κ3) is 4.04. The van der Waals surface area contributed by atoms with Gasteiger partial charge in [-0.3, -0.25) is 9.78 Å². The summed E-state index contributed by atoms with van der Waals surface area (Å²) >= 11 is 0. The number of nitrogens with one attached hydrogen (secondary N) is 1. The molecule has 1 aromatic heterocycles. The van der Waals surface area contributed by atoms with Gasteiger partial charge < -0.3 is 15.3 Å². The van der Waals surface area contributed by atoms with Gasteiger partial charge >= 0.3 is 0 Å². The first-order valence-corrected chi connectivity index (χ1v) is 6.27. The fourth-order valence-electron chi connectivity index (χ4n) is 1.73. The number of hydrogen-bond donors (Lipinski definition) is 2. The standard InChI is InChI=1S/C15H15N3O3/c1-21-13-4-2-11(3-5-13)9-17-15(19)14-8-12(10-18-20)6-7-16-14/h2-8,10,20H,9H2,1H3,(H,17,19)/b18-10+. The summed E-state index contributed by atoms with van der Waals surface area (Å²) in [5, 5.41) is 14.2. The Hall–Kier alpha value is -2.89. The Kier molecular flexibility index (Phi) is 4.87. The molecule has 0 unspecified atom stereocenters. The first-order valence-electron chi connectivity index (χ1n) is 6.27. The summed E-state index contributed by atoms with van der Waals surface area (Å²) in [7, 11) is 1.60. The van der Waals surface area contributed by atoms with Crippen LogP contribution < -0.4 is 10.1 Å². The number of pyridine rings is 1. The van der Waals surface area contributed by atoms with Crippen LogP contribution in [-0.2, 0) is 6.54 Å². The molecule has 0 saturated heterocycles. The van der Waals surface area contributed by atoms with E-state index in [1.807, 2.05) is 24.3 Å². The molecule has 0 aliphatic rings. The van der Waals surface area contributed by atoms with Crippen LogP contribution in [0.4, 0.5) is 0 Å². The second-order valence-corrected chi connectivity index (χ2v) is 4.25. The average Bonchev–Trinajstić information content (AvgIpc) is 2.53. The van der Waals surface area contributed by atoms with Crippen molar-refractivity contribution >= 4 is 12.1 Å². The summed E-state index contributed by atoms with van der Waals surface area (Å²) in [4.78, 5) is 16.0. The van der Waals surface area contributed by atoms with Crippen molar-refractivity contribution in [2.45, 2.75) is 6.54 Å². The van der Waals surface area contributed by atoms with Crippen molar-refractivity contribution in [1.29, 1.82) is 0 Å². The predicted octanol–water partition coefficient (Wildman–Crippen LogP) is 1.83. The van der Waals surface area contributed by atoms with Crippen LogP contribution in [0.5, 0.6) is 5.75 Å². The van der Waals surface area contributed by atoms with Gasteiger partial charge in [0.15, 0.2) is 0 Å². The molecule has 1 amide bonds. The summed E-state index contributed by atoms with van der Waals surface area (Å²) in [5.41, 5.74) is 1.82. The number of ether oxygens (including phenoxy) is 1. The van der Waals surface area contributed by atoms with Crippen LogP contribution in [0, 0.1) is 0 Å². The number of carbonyl (C=O) groups is 1. The van der Waals surface area contributed by atoms with Gasteiger partial charge in [0.05, 0.1) is 13.3 Å². The number of methoxy groups -OCH3 is 1. The Morgan fingerprint density at radius 2 is 2.14 bits per heavy atom. The monoisotopic (exact) mass is 285 g/mol. The number of nitrogens with zero attached hydrogens (tertiary/aromatic N) is 2. The Balaban J connectivity index is 1.99. The molecule has 2 N–H and O–H groups in total. The topological polar surface area (TPSA) is 83.8 Å². The summed E-state index contributed by atoms with van der Waals surface area (Å²) in [6, 6.07) is 10.6. The van der Waals surface area contributed by atoms with E-state index in [2.05, 4.69) is 15.5 Å². The van der Waals surface area contributed by atoms with E-state index >= 15 is 0 Å². The van der Waals surface area contributed by atoms with Crippen LogP contribution in [0.2, 0.25) is 0 Å². The highest BCUT2D eigenvalue weighted by atomic mass is 16.5. The molecule has 1 aromatic carbocycles. The number of benzene rings is 1. The number of carbonyl (C=O) groups excluding carboxylic acids is 1. The van der Waals surface area contributed by atoms with Gasteiger partial charge in [-0.2, -0.15) is 0 Å². The second kappa shape index (κ2) is 7.04. The maximum atomic E-state index is 12.0. The zero-order valence-electron chi connectivity index (χ0n) is 11.5. The molecule has 6 heteroatoms. The van der Waals surface area contributed by atoms with Crippen LogP contribution in [0.3, 0.4) is 0 Å². The van der Waals surface area contributed by atoms with Crippen LogP contribution >= 0.6 is 0 Å². The van der Waals surface area contributed by atoms with Crippen molar-refractivity contribution in [3.05, 3.63) is 59.4 Å². The number of rotatable bonds is 5. The minimum absolute atomic E-state index is 0.265. The van der Waals surface area contributed by atoms with Gasteiger partial charge in [0.25, 0.3) is 5.91 Å². The SMILES string of the molecule is COc1ccc(CNC(=O)c2cc(/C=N/O)ccn2)cc1. The fraction of sp³-hybridized carbons (Fsp3) is 0.133. The predicted molar refractivity (Wildman–Crippen MR) is 77.8 cm³/mol. The van der Waals surface area contributed by atoms with Gasteiger partial charge in [0, 0.05) is 12.7 Å². The van der Waals surface area contributed by atoms with Gasteiger partial charge in [-0.25, -0.2) is 0 Å². The fourth-order valence-corrected chi connectivity index (χ4v) is 1.73. The van der Waals surface area contributed by atoms with Gasteiger partial charge in [0.1, 0.15) is 11.4 Å². The third-order valence-electron chi connectivity index (χ3n) is 2.84. The lowest BCUT2D eigenvalue weighted by Gasteiger charge is -2.06. The molecule has 2 rings (SSSR count). The molecule has 0 radical (unpaired) electrons. The molecule has 0 aliphatic carbocycles. The van der Waals surface area contributed by atoms with E-state index < -0.39 is 0 Å². The van der Waals surface area contributed by atoms with Crippen molar-refractivity contribution in [3.63, 3.8) is 0 Å². The van der Waals surface area contributed by atoms with E-state index in [-0.39, 0.29) is 11.6 Å². The van der Waals surface area contributed by atoms with Gasteiger partial charge in [-0.15, -0.1) is 0 Å². The van der Waals surface area contributed by atoms with Crippen molar-refractivity contribution < 1.29 is 14.7 Å². The van der Waals surface area contributed by atoms with E-state index in [1.165, 1.54) is 12.4 Å². The second-order valence-electron chi connectivity index (χ2n) is 4.25. The smallest absolute Gasteiger partial charge is 0.270 e. The molecule has 0 atom stereocenters. The van der Waals surface area contributed by atoms with Gasteiger partial charge in [0.2, 0.25) is 0 Å². The minimum Gasteiger partial charge on any atom is -0.497 e. The van der Waals surface area contributed by atoms with Crippen LogP contribution in [0.1, 0.15) is 21.6 Å². The summed E-state index contributed by atoms with van der Waals surface area (Å²) < 4.78 is 5.07. The van der Waals surface area contributed by atoms with Crippen molar-refractivity contribution in [2.24, 2.45) is 5.16 Å². The Labute approximate surface area is 122 Å². The minimum atomic E-state index is -0.293. The summed E-state index contributed by atoms with van der Waals surface area (Å²) in [6.07, 6.45) is 2.72. The van der Waals surface area contributed by atoms with Crippen molar-refractivity contribution in [3.8, 4) is 5.75 Å². The highest BCUT2D eigenvalue weighted by molar-refractivity contribution is 5.94. The maximum Gasteiger partial charge on any atom is 0.270 e. The molecule has 0 saturated carbocycles. The maximum absolute atomic E-state index is 12.0. The molecule has 2 aromatic rings. The third-order valence-corrected chi connectivity index (χ3v) is 2.84. The molecule has 0 bridgehead atoms. The molecule has 0 fully saturated rings. The van der Waals surface area contributed by atoms with Crippen LogP contribution in [0.25, 0.3) is 0 Å². The quantitative estimate of drug-likeness (QED) is 0.498.